The van der Waals surface area contributed by atoms with Gasteiger partial charge >= 0.3 is 10.3 Å². The van der Waals surface area contributed by atoms with Crippen molar-refractivity contribution in [3.8, 4) is 11.1 Å². The van der Waals surface area contributed by atoms with Gasteiger partial charge < -0.3 is 10.6 Å². The molecule has 8 nitrogen and oxygen atoms in total. The van der Waals surface area contributed by atoms with Crippen molar-refractivity contribution in [2.45, 2.75) is 25.4 Å². The van der Waals surface area contributed by atoms with Crippen molar-refractivity contribution < 1.29 is 13.0 Å². The number of hydrogen-bond donors (Lipinski definition) is 4. The minimum absolute atomic E-state index is 0.292. The van der Waals surface area contributed by atoms with Crippen molar-refractivity contribution in [3.05, 3.63) is 65.5 Å². The summed E-state index contributed by atoms with van der Waals surface area (Å²) in [4.78, 5) is 10.4. The molecule has 10 heteroatoms. The second-order valence-corrected chi connectivity index (χ2v) is 9.65. The largest absolute Gasteiger partial charge is 0.365 e. The Balaban J connectivity index is 1.45. The highest BCUT2D eigenvalue weighted by atomic mass is 32.2. The third kappa shape index (κ3) is 4.82. The molecule has 0 unspecified atom stereocenters. The number of nitrogens with one attached hydrogen (secondary N) is 3. The molecule has 1 saturated carbocycles. The van der Waals surface area contributed by atoms with Crippen LogP contribution in [0.4, 0.5) is 17.5 Å². The molecule has 164 valence electrons. The van der Waals surface area contributed by atoms with Crippen molar-refractivity contribution in [2.75, 3.05) is 15.4 Å². The van der Waals surface area contributed by atoms with Gasteiger partial charge in [-0.2, -0.15) is 13.4 Å². The first kappa shape index (κ1) is 20.7. The number of anilines is 3. The van der Waals surface area contributed by atoms with Gasteiger partial charge in [0.05, 0.1) is 11.1 Å². The molecule has 4 N–H and O–H groups in total. The minimum Gasteiger partial charge on any atom is -0.365 e. The fraction of sp³-hybridized carbons (Fsp3) is 0.182. The molecule has 0 radical (unpaired) electrons. The van der Waals surface area contributed by atoms with Crippen LogP contribution in [0.5, 0.6) is 0 Å². The van der Waals surface area contributed by atoms with E-state index in [1.54, 1.807) is 35.6 Å². The summed E-state index contributed by atoms with van der Waals surface area (Å²) in [5.41, 5.74) is 3.42. The molecule has 0 atom stereocenters. The summed E-state index contributed by atoms with van der Waals surface area (Å²) >= 11 is 1.59. The molecular formula is C22H21N5O3S2. The average Bonchev–Trinajstić information content (AvgIpc) is 3.48. The lowest BCUT2D eigenvalue weighted by Crippen LogP contribution is -2.10. The Labute approximate surface area is 189 Å². The molecule has 5 rings (SSSR count). The quantitative estimate of drug-likeness (QED) is 0.276. The van der Waals surface area contributed by atoms with Crippen molar-refractivity contribution in [1.29, 1.82) is 0 Å². The fourth-order valence-corrected chi connectivity index (χ4v) is 4.78. The van der Waals surface area contributed by atoms with Crippen molar-refractivity contribution in [2.24, 2.45) is 0 Å². The van der Waals surface area contributed by atoms with Crippen molar-refractivity contribution in [3.63, 3.8) is 0 Å². The lowest BCUT2D eigenvalue weighted by atomic mass is 10.1. The Morgan fingerprint density at radius 1 is 1.03 bits per heavy atom. The Kier molecular flexibility index (Phi) is 5.41. The summed E-state index contributed by atoms with van der Waals surface area (Å²) < 4.78 is 32.9. The molecular weight excluding hydrogens is 446 g/mol. The lowest BCUT2D eigenvalue weighted by Gasteiger charge is -2.12. The number of rotatable bonds is 8. The smallest absolute Gasteiger partial charge is 0.357 e. The van der Waals surface area contributed by atoms with Gasteiger partial charge in [-0.05, 0) is 36.1 Å². The topological polar surface area (TPSA) is 116 Å². The van der Waals surface area contributed by atoms with Crippen LogP contribution in [-0.4, -0.2) is 29.0 Å². The number of fused-ring (bicyclic) bond motifs is 1. The first-order chi connectivity index (χ1) is 15.4. The Bertz CT molecular complexity index is 1350. The number of aromatic nitrogens is 2. The molecule has 0 bridgehead atoms. The first-order valence-electron chi connectivity index (χ1n) is 10.1. The summed E-state index contributed by atoms with van der Waals surface area (Å²) in [6.45, 7) is 0.491. The van der Waals surface area contributed by atoms with Crippen molar-refractivity contribution in [1.82, 2.24) is 9.97 Å². The minimum atomic E-state index is -4.29. The van der Waals surface area contributed by atoms with E-state index in [0.717, 1.165) is 45.6 Å². The molecule has 2 aromatic heterocycles. The van der Waals surface area contributed by atoms with E-state index in [1.165, 1.54) is 0 Å². The Hall–Kier alpha value is -3.21. The second kappa shape index (κ2) is 8.38. The molecule has 0 aliphatic heterocycles. The van der Waals surface area contributed by atoms with Crippen LogP contribution >= 0.6 is 11.3 Å². The van der Waals surface area contributed by atoms with Gasteiger partial charge in [0.1, 0.15) is 10.6 Å². The van der Waals surface area contributed by atoms with Gasteiger partial charge in [-0.25, -0.2) is 4.98 Å². The molecule has 4 aromatic rings. The maximum atomic E-state index is 11.0. The van der Waals surface area contributed by atoms with Gasteiger partial charge in [0.2, 0.25) is 5.95 Å². The third-order valence-electron chi connectivity index (χ3n) is 5.09. The third-order valence-corrected chi connectivity index (χ3v) is 6.46. The van der Waals surface area contributed by atoms with Gasteiger partial charge in [-0.15, -0.1) is 11.3 Å². The van der Waals surface area contributed by atoms with E-state index in [-0.39, 0.29) is 0 Å². The van der Waals surface area contributed by atoms with E-state index < -0.39 is 10.3 Å². The number of benzene rings is 2. The summed E-state index contributed by atoms with van der Waals surface area (Å²) in [6, 6.07) is 17.4. The molecule has 1 fully saturated rings. The monoisotopic (exact) mass is 467 g/mol. The lowest BCUT2D eigenvalue weighted by molar-refractivity contribution is 0.489. The molecule has 2 heterocycles. The number of hydrogen-bond acceptors (Lipinski definition) is 7. The number of nitrogens with zero attached hydrogens (tertiary/aromatic N) is 2. The molecule has 2 aromatic carbocycles. The zero-order valence-corrected chi connectivity index (χ0v) is 18.6. The van der Waals surface area contributed by atoms with Crippen LogP contribution in [0.25, 0.3) is 21.3 Å². The molecule has 32 heavy (non-hydrogen) atoms. The summed E-state index contributed by atoms with van der Waals surface area (Å²) in [5.74, 6) is 1.37. The van der Waals surface area contributed by atoms with Crippen LogP contribution in [0, 0.1) is 0 Å². The first-order valence-corrected chi connectivity index (χ1v) is 12.5. The van der Waals surface area contributed by atoms with E-state index in [2.05, 4.69) is 28.1 Å². The average molecular weight is 468 g/mol. The summed E-state index contributed by atoms with van der Waals surface area (Å²) in [7, 11) is -4.29. The standard InChI is InChI=1S/C22H21N5O3S2/c28-32(29,30)27-17-8-6-14(7-9-17)12-23-20-19-18(15-4-2-1-3-5-15)13-31-21(19)26-22(25-20)24-16-10-11-16/h1-9,13,16,27H,10-12H2,(H,28,29,30)(H2,23,24,25,26). The highest BCUT2D eigenvalue weighted by Gasteiger charge is 2.23. The highest BCUT2D eigenvalue weighted by Crippen LogP contribution is 2.38. The zero-order chi connectivity index (χ0) is 22.1. The molecule has 1 aliphatic rings. The van der Waals surface area contributed by atoms with Crippen LogP contribution < -0.4 is 15.4 Å². The second-order valence-electron chi connectivity index (χ2n) is 7.64. The van der Waals surface area contributed by atoms with E-state index >= 15 is 0 Å². The molecule has 1 aliphatic carbocycles. The molecule has 0 amide bonds. The maximum absolute atomic E-state index is 11.0. The number of thiophene rings is 1. The van der Waals surface area contributed by atoms with Crippen LogP contribution in [-0.2, 0) is 16.8 Å². The summed E-state index contributed by atoms with van der Waals surface area (Å²) in [6.07, 6.45) is 2.27. The van der Waals surface area contributed by atoms with Gasteiger partial charge in [0.25, 0.3) is 0 Å². The SMILES string of the molecule is O=S(=O)(O)Nc1ccc(CNc2nc(NC3CC3)nc3scc(-c4ccccc4)c23)cc1. The normalized spacial score (nSPS) is 13.8. The van der Waals surface area contributed by atoms with E-state index in [1.807, 2.05) is 22.9 Å². The summed E-state index contributed by atoms with van der Waals surface area (Å²) in [5, 5.41) is 9.90. The zero-order valence-electron chi connectivity index (χ0n) is 16.9. The van der Waals surface area contributed by atoms with E-state index in [0.29, 0.717) is 24.2 Å². The predicted octanol–water partition coefficient (Wildman–Crippen LogP) is 4.76. The highest BCUT2D eigenvalue weighted by molar-refractivity contribution is 7.87. The Morgan fingerprint density at radius 2 is 1.78 bits per heavy atom. The van der Waals surface area contributed by atoms with Crippen LogP contribution in [0.1, 0.15) is 18.4 Å². The van der Waals surface area contributed by atoms with Crippen LogP contribution in [0.15, 0.2) is 60.0 Å². The Morgan fingerprint density at radius 3 is 2.47 bits per heavy atom. The van der Waals surface area contributed by atoms with E-state index in [9.17, 15) is 8.42 Å². The van der Waals surface area contributed by atoms with Gasteiger partial charge in [0.15, 0.2) is 0 Å². The predicted molar refractivity (Wildman–Crippen MR) is 128 cm³/mol. The van der Waals surface area contributed by atoms with Gasteiger partial charge in [-0.1, -0.05) is 42.5 Å². The van der Waals surface area contributed by atoms with Crippen LogP contribution in [0.3, 0.4) is 0 Å². The molecule has 0 spiro atoms. The van der Waals surface area contributed by atoms with Gasteiger partial charge in [0, 0.05) is 23.5 Å². The molecule has 0 saturated heterocycles. The van der Waals surface area contributed by atoms with Crippen molar-refractivity contribution >= 4 is 49.3 Å². The fourth-order valence-electron chi connectivity index (χ4n) is 3.40. The van der Waals surface area contributed by atoms with E-state index in [4.69, 9.17) is 14.5 Å². The van der Waals surface area contributed by atoms with Crippen LogP contribution in [0.2, 0.25) is 0 Å². The maximum Gasteiger partial charge on any atom is 0.357 e. The van der Waals surface area contributed by atoms with Gasteiger partial charge in [-0.3, -0.25) is 9.27 Å².